The van der Waals surface area contributed by atoms with Crippen LogP contribution in [0.25, 0.3) is 0 Å². The quantitative estimate of drug-likeness (QED) is 0.847. The van der Waals surface area contributed by atoms with Gasteiger partial charge in [0, 0.05) is 25.3 Å². The highest BCUT2D eigenvalue weighted by Crippen LogP contribution is 2.17. The number of thiocarbonyl (C=S) groups is 1. The number of piperidine rings is 1. The number of nitrogens with zero attached hydrogens (tertiary/aromatic N) is 1. The van der Waals surface area contributed by atoms with Gasteiger partial charge in [0.15, 0.2) is 0 Å². The Balaban J connectivity index is 2.03. The van der Waals surface area contributed by atoms with Crippen LogP contribution in [-0.4, -0.2) is 35.7 Å². The zero-order valence-corrected chi connectivity index (χ0v) is 12.6. The van der Waals surface area contributed by atoms with E-state index in [0.29, 0.717) is 12.1 Å². The lowest BCUT2D eigenvalue weighted by molar-refractivity contribution is 0.00361. The molecule has 0 radical (unpaired) electrons. The van der Waals surface area contributed by atoms with E-state index in [2.05, 4.69) is 4.90 Å². The zero-order chi connectivity index (χ0) is 14.5. The zero-order valence-electron chi connectivity index (χ0n) is 11.8. The molecule has 1 unspecified atom stereocenters. The predicted octanol–water partition coefficient (Wildman–Crippen LogP) is 2.46. The van der Waals surface area contributed by atoms with Gasteiger partial charge in [-0.05, 0) is 50.1 Å². The molecule has 1 aliphatic rings. The third-order valence-corrected chi connectivity index (χ3v) is 3.75. The van der Waals surface area contributed by atoms with Crippen LogP contribution in [0.5, 0.6) is 0 Å². The van der Waals surface area contributed by atoms with Crippen LogP contribution >= 0.6 is 12.2 Å². The maximum absolute atomic E-state index is 13.6. The van der Waals surface area contributed by atoms with Gasteiger partial charge in [-0.3, -0.25) is 4.90 Å². The van der Waals surface area contributed by atoms with Crippen LogP contribution in [0, 0.1) is 5.82 Å². The van der Waals surface area contributed by atoms with Crippen LogP contribution in [0.1, 0.15) is 30.9 Å². The Labute approximate surface area is 124 Å². The van der Waals surface area contributed by atoms with Crippen LogP contribution in [0.2, 0.25) is 0 Å². The number of halogens is 1. The molecule has 5 heteroatoms. The molecule has 1 aliphatic heterocycles. The molecule has 1 heterocycles. The molecular weight excluding hydrogens is 275 g/mol. The molecule has 2 N–H and O–H groups in total. The molecular formula is C15H21FN2OS. The fraction of sp³-hybridized carbons (Fsp3) is 0.533. The van der Waals surface area contributed by atoms with Gasteiger partial charge in [-0.15, -0.1) is 0 Å². The second-order valence-electron chi connectivity index (χ2n) is 5.17. The average Bonchev–Trinajstić information content (AvgIpc) is 2.38. The van der Waals surface area contributed by atoms with E-state index in [0.717, 1.165) is 38.1 Å². The maximum atomic E-state index is 13.6. The van der Waals surface area contributed by atoms with Gasteiger partial charge in [-0.1, -0.05) is 12.2 Å². The standard InChI is InChI=1S/C15H21FN2OS/c1-2-19-14-4-3-5-18(10-14)9-11-6-12(15(17)20)8-13(16)7-11/h6-8,14H,2-5,9-10H2,1H3,(H2,17,20). The molecule has 3 nitrogen and oxygen atoms in total. The minimum Gasteiger partial charge on any atom is -0.389 e. The Morgan fingerprint density at radius 3 is 3.00 bits per heavy atom. The third-order valence-electron chi connectivity index (χ3n) is 3.51. The molecule has 1 fully saturated rings. The Morgan fingerprint density at radius 2 is 2.30 bits per heavy atom. The summed E-state index contributed by atoms with van der Waals surface area (Å²) in [6, 6.07) is 4.80. The molecule has 0 aromatic heterocycles. The summed E-state index contributed by atoms with van der Waals surface area (Å²) in [6.07, 6.45) is 2.51. The van der Waals surface area contributed by atoms with Gasteiger partial charge >= 0.3 is 0 Å². The van der Waals surface area contributed by atoms with Gasteiger partial charge in [0.1, 0.15) is 10.8 Å². The van der Waals surface area contributed by atoms with E-state index < -0.39 is 0 Å². The molecule has 0 bridgehead atoms. The van der Waals surface area contributed by atoms with Crippen LogP contribution < -0.4 is 5.73 Å². The Morgan fingerprint density at radius 1 is 1.50 bits per heavy atom. The van der Waals surface area contributed by atoms with Gasteiger partial charge in [0.05, 0.1) is 6.10 Å². The maximum Gasteiger partial charge on any atom is 0.124 e. The highest BCUT2D eigenvalue weighted by molar-refractivity contribution is 7.80. The number of rotatable bonds is 5. The fourth-order valence-corrected chi connectivity index (χ4v) is 2.79. The first kappa shape index (κ1) is 15.4. The molecule has 0 spiro atoms. The lowest BCUT2D eigenvalue weighted by Gasteiger charge is -2.32. The first-order chi connectivity index (χ1) is 9.58. The topological polar surface area (TPSA) is 38.5 Å². The van der Waals surface area contributed by atoms with Crippen molar-refractivity contribution in [2.24, 2.45) is 5.73 Å². The van der Waals surface area contributed by atoms with Crippen molar-refractivity contribution >= 4 is 17.2 Å². The molecule has 110 valence electrons. The summed E-state index contributed by atoms with van der Waals surface area (Å²) in [5, 5.41) is 0. The summed E-state index contributed by atoms with van der Waals surface area (Å²) in [7, 11) is 0. The van der Waals surface area contributed by atoms with Crippen LogP contribution in [-0.2, 0) is 11.3 Å². The number of likely N-dealkylation sites (tertiary alicyclic amines) is 1. The Bertz CT molecular complexity index is 479. The summed E-state index contributed by atoms with van der Waals surface area (Å²) >= 11 is 4.92. The monoisotopic (exact) mass is 296 g/mol. The van der Waals surface area contributed by atoms with Crippen molar-refractivity contribution in [3.8, 4) is 0 Å². The van der Waals surface area contributed by atoms with Gasteiger partial charge in [0.25, 0.3) is 0 Å². The van der Waals surface area contributed by atoms with Crippen LogP contribution in [0.4, 0.5) is 4.39 Å². The van der Waals surface area contributed by atoms with E-state index in [9.17, 15) is 4.39 Å². The molecule has 2 rings (SSSR count). The van der Waals surface area contributed by atoms with Gasteiger partial charge in [-0.25, -0.2) is 4.39 Å². The van der Waals surface area contributed by atoms with E-state index in [1.807, 2.05) is 13.0 Å². The Hall–Kier alpha value is -1.04. The fourth-order valence-electron chi connectivity index (χ4n) is 2.67. The lowest BCUT2D eigenvalue weighted by atomic mass is 10.1. The molecule has 0 amide bonds. The number of nitrogens with two attached hydrogens (primary N) is 1. The first-order valence-corrected chi connectivity index (χ1v) is 7.42. The van der Waals surface area contributed by atoms with Crippen molar-refractivity contribution in [2.75, 3.05) is 19.7 Å². The largest absolute Gasteiger partial charge is 0.389 e. The van der Waals surface area contributed by atoms with Gasteiger partial charge < -0.3 is 10.5 Å². The molecule has 20 heavy (non-hydrogen) atoms. The SMILES string of the molecule is CCOC1CCCN(Cc2cc(F)cc(C(N)=S)c2)C1. The van der Waals surface area contributed by atoms with E-state index in [-0.39, 0.29) is 16.9 Å². The highest BCUT2D eigenvalue weighted by atomic mass is 32.1. The van der Waals surface area contributed by atoms with Gasteiger partial charge in [-0.2, -0.15) is 0 Å². The van der Waals surface area contributed by atoms with Crippen LogP contribution in [0.3, 0.4) is 0 Å². The van der Waals surface area contributed by atoms with Crippen molar-refractivity contribution in [3.63, 3.8) is 0 Å². The van der Waals surface area contributed by atoms with Crippen molar-refractivity contribution in [1.29, 1.82) is 0 Å². The predicted molar refractivity (Wildman–Crippen MR) is 82.2 cm³/mol. The van der Waals surface area contributed by atoms with E-state index in [1.54, 1.807) is 6.07 Å². The van der Waals surface area contributed by atoms with Crippen molar-refractivity contribution in [1.82, 2.24) is 4.90 Å². The molecule has 1 aromatic carbocycles. The summed E-state index contributed by atoms with van der Waals surface area (Å²) < 4.78 is 19.3. The Kier molecular flexibility index (Phi) is 5.46. The van der Waals surface area contributed by atoms with Gasteiger partial charge in [0.2, 0.25) is 0 Å². The van der Waals surface area contributed by atoms with E-state index in [4.69, 9.17) is 22.7 Å². The minimum absolute atomic E-state index is 0.233. The summed E-state index contributed by atoms with van der Waals surface area (Å²) in [5.41, 5.74) is 7.08. The van der Waals surface area contributed by atoms with Crippen LogP contribution in [0.15, 0.2) is 18.2 Å². The second-order valence-corrected chi connectivity index (χ2v) is 5.61. The summed E-state index contributed by atoms with van der Waals surface area (Å²) in [5.74, 6) is -0.288. The number of ether oxygens (including phenoxy) is 1. The van der Waals surface area contributed by atoms with Crippen molar-refractivity contribution in [2.45, 2.75) is 32.4 Å². The summed E-state index contributed by atoms with van der Waals surface area (Å²) in [4.78, 5) is 2.53. The van der Waals surface area contributed by atoms with Crippen molar-refractivity contribution in [3.05, 3.63) is 35.1 Å². The lowest BCUT2D eigenvalue weighted by Crippen LogP contribution is -2.39. The number of benzene rings is 1. The summed E-state index contributed by atoms with van der Waals surface area (Å²) in [6.45, 7) is 5.37. The molecule has 1 aromatic rings. The highest BCUT2D eigenvalue weighted by Gasteiger charge is 2.20. The first-order valence-electron chi connectivity index (χ1n) is 7.01. The average molecular weight is 296 g/mol. The number of hydrogen-bond donors (Lipinski definition) is 1. The second kappa shape index (κ2) is 7.11. The molecule has 0 aliphatic carbocycles. The normalized spacial score (nSPS) is 20.0. The van der Waals surface area contributed by atoms with Crippen molar-refractivity contribution < 1.29 is 9.13 Å². The molecule has 0 saturated carbocycles. The smallest absolute Gasteiger partial charge is 0.124 e. The van der Waals surface area contributed by atoms with E-state index in [1.165, 1.54) is 6.07 Å². The molecule has 1 atom stereocenters. The number of hydrogen-bond acceptors (Lipinski definition) is 3. The molecule has 1 saturated heterocycles. The third kappa shape index (κ3) is 4.23. The van der Waals surface area contributed by atoms with E-state index >= 15 is 0 Å². The minimum atomic E-state index is -0.288.